The second-order valence-electron chi connectivity index (χ2n) is 3.80. The van der Waals surface area contributed by atoms with Crippen LogP contribution in [-0.4, -0.2) is 21.2 Å². The SMILES string of the molecule is O=C(O)c1cc(-c2cc3ccc(F)cc3[nH]2)no1. The number of nitrogens with one attached hydrogen (secondary N) is 1. The Kier molecular flexibility index (Phi) is 2.16. The number of hydrogen-bond donors (Lipinski definition) is 2. The molecule has 0 saturated heterocycles. The van der Waals surface area contributed by atoms with Crippen molar-refractivity contribution in [2.45, 2.75) is 0 Å². The van der Waals surface area contributed by atoms with Crippen molar-refractivity contribution in [3.8, 4) is 11.4 Å². The van der Waals surface area contributed by atoms with Crippen molar-refractivity contribution in [1.82, 2.24) is 10.1 Å². The number of H-pyrrole nitrogens is 1. The number of hydrogen-bond acceptors (Lipinski definition) is 3. The van der Waals surface area contributed by atoms with Gasteiger partial charge < -0.3 is 14.6 Å². The lowest BCUT2D eigenvalue weighted by molar-refractivity contribution is 0.0652. The van der Waals surface area contributed by atoms with Crippen LogP contribution in [0.15, 0.2) is 34.9 Å². The van der Waals surface area contributed by atoms with E-state index < -0.39 is 5.97 Å². The van der Waals surface area contributed by atoms with E-state index in [9.17, 15) is 9.18 Å². The maximum absolute atomic E-state index is 13.0. The number of aromatic carboxylic acids is 1. The molecule has 0 unspecified atom stereocenters. The first-order valence-electron chi connectivity index (χ1n) is 5.12. The molecule has 18 heavy (non-hydrogen) atoms. The number of carboxylic acids is 1. The zero-order chi connectivity index (χ0) is 12.7. The molecule has 0 saturated carbocycles. The summed E-state index contributed by atoms with van der Waals surface area (Å²) in [7, 11) is 0. The maximum Gasteiger partial charge on any atom is 0.374 e. The molecule has 2 N–H and O–H groups in total. The Balaban J connectivity index is 2.10. The molecule has 90 valence electrons. The van der Waals surface area contributed by atoms with Crippen LogP contribution < -0.4 is 0 Å². The summed E-state index contributed by atoms with van der Waals surface area (Å²) in [5.74, 6) is -1.77. The van der Waals surface area contributed by atoms with E-state index in [1.165, 1.54) is 18.2 Å². The molecular formula is C12H7FN2O3. The van der Waals surface area contributed by atoms with Crippen LogP contribution in [0.2, 0.25) is 0 Å². The van der Waals surface area contributed by atoms with Crippen LogP contribution in [0.4, 0.5) is 4.39 Å². The molecule has 0 aliphatic rings. The highest BCUT2D eigenvalue weighted by atomic mass is 19.1. The van der Waals surface area contributed by atoms with Gasteiger partial charge in [0, 0.05) is 17.0 Å². The summed E-state index contributed by atoms with van der Waals surface area (Å²) in [6.07, 6.45) is 0. The first-order chi connectivity index (χ1) is 8.63. The fourth-order valence-electron chi connectivity index (χ4n) is 1.74. The third-order valence-electron chi connectivity index (χ3n) is 2.58. The number of carbonyl (C=O) groups is 1. The lowest BCUT2D eigenvalue weighted by Gasteiger charge is -1.88. The monoisotopic (exact) mass is 246 g/mol. The van der Waals surface area contributed by atoms with Gasteiger partial charge in [-0.1, -0.05) is 5.16 Å². The van der Waals surface area contributed by atoms with E-state index in [0.717, 1.165) is 5.39 Å². The van der Waals surface area contributed by atoms with Crippen molar-refractivity contribution in [1.29, 1.82) is 0 Å². The Morgan fingerprint density at radius 1 is 1.33 bits per heavy atom. The Bertz CT molecular complexity index is 745. The van der Waals surface area contributed by atoms with E-state index >= 15 is 0 Å². The lowest BCUT2D eigenvalue weighted by Crippen LogP contribution is -1.91. The molecule has 5 nitrogen and oxygen atoms in total. The van der Waals surface area contributed by atoms with Crippen LogP contribution in [0.25, 0.3) is 22.3 Å². The second kappa shape index (κ2) is 3.69. The fourth-order valence-corrected chi connectivity index (χ4v) is 1.74. The standard InChI is InChI=1S/C12H7FN2O3/c13-7-2-1-6-3-9(14-8(6)4-7)10-5-11(12(16)17)18-15-10/h1-5,14H,(H,16,17). The Morgan fingerprint density at radius 3 is 2.89 bits per heavy atom. The van der Waals surface area contributed by atoms with Crippen molar-refractivity contribution in [2.24, 2.45) is 0 Å². The normalized spacial score (nSPS) is 10.9. The van der Waals surface area contributed by atoms with E-state index in [-0.39, 0.29) is 11.6 Å². The first kappa shape index (κ1) is 10.5. The van der Waals surface area contributed by atoms with Crippen LogP contribution in [0.1, 0.15) is 10.6 Å². The van der Waals surface area contributed by atoms with Gasteiger partial charge in [-0.3, -0.25) is 0 Å². The number of halogens is 1. The number of rotatable bonds is 2. The highest BCUT2D eigenvalue weighted by Gasteiger charge is 2.13. The number of carboxylic acid groups (broad SMARTS) is 1. The lowest BCUT2D eigenvalue weighted by atomic mass is 10.2. The maximum atomic E-state index is 13.0. The largest absolute Gasteiger partial charge is 0.475 e. The van der Waals surface area contributed by atoms with Gasteiger partial charge in [0.15, 0.2) is 0 Å². The van der Waals surface area contributed by atoms with Gasteiger partial charge in [-0.25, -0.2) is 9.18 Å². The molecular weight excluding hydrogens is 239 g/mol. The topological polar surface area (TPSA) is 79.1 Å². The van der Waals surface area contributed by atoms with Crippen molar-refractivity contribution < 1.29 is 18.8 Å². The van der Waals surface area contributed by atoms with Crippen LogP contribution in [0, 0.1) is 5.82 Å². The first-order valence-corrected chi connectivity index (χ1v) is 5.12. The van der Waals surface area contributed by atoms with E-state index in [4.69, 9.17) is 5.11 Å². The average molecular weight is 246 g/mol. The predicted octanol–water partition coefficient (Wildman–Crippen LogP) is 2.66. The summed E-state index contributed by atoms with van der Waals surface area (Å²) in [4.78, 5) is 13.6. The molecule has 6 heteroatoms. The predicted molar refractivity (Wildman–Crippen MR) is 60.7 cm³/mol. The summed E-state index contributed by atoms with van der Waals surface area (Å²) in [5.41, 5.74) is 1.56. The molecule has 0 fully saturated rings. The fraction of sp³-hybridized carbons (Fsp3) is 0. The van der Waals surface area contributed by atoms with Gasteiger partial charge in [-0.15, -0.1) is 0 Å². The molecule has 0 bridgehead atoms. The van der Waals surface area contributed by atoms with E-state index in [0.29, 0.717) is 16.9 Å². The Morgan fingerprint density at radius 2 is 2.17 bits per heavy atom. The summed E-state index contributed by atoms with van der Waals surface area (Å²) < 4.78 is 17.7. The minimum absolute atomic E-state index is 0.241. The molecule has 0 amide bonds. The van der Waals surface area contributed by atoms with Gasteiger partial charge in [0.1, 0.15) is 11.5 Å². The molecule has 1 aromatic carbocycles. The Hall–Kier alpha value is -2.63. The number of nitrogens with zero attached hydrogens (tertiary/aromatic N) is 1. The third kappa shape index (κ3) is 1.64. The van der Waals surface area contributed by atoms with Crippen molar-refractivity contribution in [2.75, 3.05) is 0 Å². The summed E-state index contributed by atoms with van der Waals surface area (Å²) >= 11 is 0. The zero-order valence-corrected chi connectivity index (χ0v) is 8.98. The molecule has 0 radical (unpaired) electrons. The van der Waals surface area contributed by atoms with Gasteiger partial charge in [0.2, 0.25) is 5.76 Å². The van der Waals surface area contributed by atoms with Crippen LogP contribution in [-0.2, 0) is 0 Å². The highest BCUT2D eigenvalue weighted by molar-refractivity contribution is 5.88. The van der Waals surface area contributed by atoms with Crippen LogP contribution in [0.5, 0.6) is 0 Å². The molecule has 0 aliphatic heterocycles. The van der Waals surface area contributed by atoms with Crippen molar-refractivity contribution in [3.05, 3.63) is 41.9 Å². The van der Waals surface area contributed by atoms with Gasteiger partial charge in [-0.2, -0.15) is 0 Å². The average Bonchev–Trinajstić information content (AvgIpc) is 2.93. The minimum Gasteiger partial charge on any atom is -0.475 e. The molecule has 3 aromatic rings. The van der Waals surface area contributed by atoms with E-state index in [2.05, 4.69) is 14.7 Å². The summed E-state index contributed by atoms with van der Waals surface area (Å²) in [5, 5.41) is 13.2. The van der Waals surface area contributed by atoms with Crippen molar-refractivity contribution >= 4 is 16.9 Å². The summed E-state index contributed by atoms with van der Waals surface area (Å²) in [6, 6.07) is 7.40. The molecule has 3 rings (SSSR count). The summed E-state index contributed by atoms with van der Waals surface area (Å²) in [6.45, 7) is 0. The van der Waals surface area contributed by atoms with E-state index in [1.807, 2.05) is 0 Å². The smallest absolute Gasteiger partial charge is 0.374 e. The van der Waals surface area contributed by atoms with Crippen LogP contribution >= 0.6 is 0 Å². The van der Waals surface area contributed by atoms with Gasteiger partial charge in [0.05, 0.1) is 5.69 Å². The van der Waals surface area contributed by atoms with Gasteiger partial charge in [0.25, 0.3) is 0 Å². The molecule has 0 atom stereocenters. The zero-order valence-electron chi connectivity index (χ0n) is 8.98. The molecule has 0 spiro atoms. The number of fused-ring (bicyclic) bond motifs is 1. The quantitative estimate of drug-likeness (QED) is 0.728. The Labute approximate surface area is 99.8 Å². The van der Waals surface area contributed by atoms with Gasteiger partial charge in [-0.05, 0) is 24.3 Å². The third-order valence-corrected chi connectivity index (χ3v) is 2.58. The minimum atomic E-state index is -1.18. The van der Waals surface area contributed by atoms with E-state index in [1.54, 1.807) is 12.1 Å². The molecule has 2 aromatic heterocycles. The van der Waals surface area contributed by atoms with Crippen LogP contribution in [0.3, 0.4) is 0 Å². The number of benzene rings is 1. The highest BCUT2D eigenvalue weighted by Crippen LogP contribution is 2.24. The molecule has 0 aliphatic carbocycles. The van der Waals surface area contributed by atoms with Gasteiger partial charge >= 0.3 is 5.97 Å². The number of aromatic nitrogens is 2. The molecule has 2 heterocycles. The number of aromatic amines is 1. The van der Waals surface area contributed by atoms with Crippen molar-refractivity contribution in [3.63, 3.8) is 0 Å². The second-order valence-corrected chi connectivity index (χ2v) is 3.80.